The second-order valence-corrected chi connectivity index (χ2v) is 4.16. The number of hydrogen-bond donors (Lipinski definition) is 0. The zero-order valence-corrected chi connectivity index (χ0v) is 11.2. The van der Waals surface area contributed by atoms with Gasteiger partial charge in [0.15, 0.2) is 0 Å². The first-order chi connectivity index (χ1) is 9.29. The predicted molar refractivity (Wildman–Crippen MR) is 76.4 cm³/mol. The van der Waals surface area contributed by atoms with Crippen molar-refractivity contribution in [1.82, 2.24) is 0 Å². The number of hydrogen-bond acceptors (Lipinski definition) is 3. The van der Waals surface area contributed by atoms with Crippen LogP contribution >= 0.6 is 0 Å². The van der Waals surface area contributed by atoms with Crippen LogP contribution in [0.5, 0.6) is 5.75 Å². The summed E-state index contributed by atoms with van der Waals surface area (Å²) in [5.41, 5.74) is 3.02. The molecule has 0 aliphatic heterocycles. The summed E-state index contributed by atoms with van der Waals surface area (Å²) in [5.74, 6) is 0.845. The zero-order valence-electron chi connectivity index (χ0n) is 11.2. The third-order valence-corrected chi connectivity index (χ3v) is 2.75. The molecular weight excluding hydrogens is 238 g/mol. The van der Waals surface area contributed by atoms with Gasteiger partial charge in [0.1, 0.15) is 19.5 Å². The minimum Gasteiger partial charge on any atom is -0.489 e. The summed E-state index contributed by atoms with van der Waals surface area (Å²) in [7, 11) is 1.54. The first-order valence-corrected chi connectivity index (χ1v) is 6.14. The van der Waals surface area contributed by atoms with Crippen molar-refractivity contribution >= 4 is 5.71 Å². The van der Waals surface area contributed by atoms with Crippen molar-refractivity contribution in [3.8, 4) is 5.75 Å². The van der Waals surface area contributed by atoms with Gasteiger partial charge in [0, 0.05) is 0 Å². The topological polar surface area (TPSA) is 30.8 Å². The maximum Gasteiger partial charge on any atom is 0.119 e. The van der Waals surface area contributed by atoms with Gasteiger partial charge in [0.2, 0.25) is 0 Å². The van der Waals surface area contributed by atoms with Crippen LogP contribution in [0.25, 0.3) is 0 Å². The highest BCUT2D eigenvalue weighted by molar-refractivity contribution is 5.98. The Bertz CT molecular complexity index is 532. The molecule has 3 nitrogen and oxygen atoms in total. The van der Waals surface area contributed by atoms with Crippen LogP contribution < -0.4 is 4.74 Å². The standard InChI is InChI=1S/C16H17NO2/c1-13(17-18-2)15-8-10-16(11-9-15)19-12-14-6-4-3-5-7-14/h3-11H,12H2,1-2H3/b17-13-. The number of oxime groups is 1. The van der Waals surface area contributed by atoms with Crippen LogP contribution in [0, 0.1) is 0 Å². The Balaban J connectivity index is 1.97. The smallest absolute Gasteiger partial charge is 0.119 e. The van der Waals surface area contributed by atoms with Crippen molar-refractivity contribution in [3.63, 3.8) is 0 Å². The zero-order chi connectivity index (χ0) is 13.5. The summed E-state index contributed by atoms with van der Waals surface area (Å²) < 4.78 is 5.72. The molecule has 0 radical (unpaired) electrons. The van der Waals surface area contributed by atoms with Gasteiger partial charge in [-0.05, 0) is 42.3 Å². The quantitative estimate of drug-likeness (QED) is 0.603. The summed E-state index contributed by atoms with van der Waals surface area (Å²) >= 11 is 0. The molecule has 0 aliphatic rings. The van der Waals surface area contributed by atoms with E-state index in [1.54, 1.807) is 7.11 Å². The average Bonchev–Trinajstić information content (AvgIpc) is 2.47. The Morgan fingerprint density at radius 2 is 1.68 bits per heavy atom. The molecule has 2 aromatic carbocycles. The molecule has 2 rings (SSSR count). The highest BCUT2D eigenvalue weighted by Crippen LogP contribution is 2.14. The van der Waals surface area contributed by atoms with Gasteiger partial charge in [-0.25, -0.2) is 0 Å². The molecule has 0 unspecified atom stereocenters. The largest absolute Gasteiger partial charge is 0.489 e. The molecule has 0 heterocycles. The summed E-state index contributed by atoms with van der Waals surface area (Å²) in [6.45, 7) is 2.48. The second-order valence-electron chi connectivity index (χ2n) is 4.16. The maximum atomic E-state index is 5.72. The van der Waals surface area contributed by atoms with Gasteiger partial charge in [-0.2, -0.15) is 0 Å². The molecule has 0 amide bonds. The van der Waals surface area contributed by atoms with Crippen LogP contribution in [0.1, 0.15) is 18.1 Å². The molecule has 2 aromatic rings. The van der Waals surface area contributed by atoms with E-state index in [0.717, 1.165) is 22.6 Å². The van der Waals surface area contributed by atoms with E-state index in [4.69, 9.17) is 9.57 Å². The third-order valence-electron chi connectivity index (χ3n) is 2.75. The molecule has 0 saturated heterocycles. The summed E-state index contributed by atoms with van der Waals surface area (Å²) in [6, 6.07) is 17.9. The van der Waals surface area contributed by atoms with Gasteiger partial charge in [0.05, 0.1) is 5.71 Å². The lowest BCUT2D eigenvalue weighted by atomic mass is 10.1. The second kappa shape index (κ2) is 6.59. The molecule has 0 aliphatic carbocycles. The van der Waals surface area contributed by atoms with Crippen LogP contribution in [0.2, 0.25) is 0 Å². The lowest BCUT2D eigenvalue weighted by Crippen LogP contribution is -1.97. The van der Waals surface area contributed by atoms with Gasteiger partial charge in [-0.1, -0.05) is 35.5 Å². The van der Waals surface area contributed by atoms with Crippen molar-refractivity contribution in [2.24, 2.45) is 5.16 Å². The van der Waals surface area contributed by atoms with Crippen LogP contribution in [-0.2, 0) is 11.4 Å². The molecule has 19 heavy (non-hydrogen) atoms. The molecule has 0 spiro atoms. The Kier molecular flexibility index (Phi) is 4.56. The minimum absolute atomic E-state index is 0.575. The third kappa shape index (κ3) is 3.85. The van der Waals surface area contributed by atoms with E-state index >= 15 is 0 Å². The fourth-order valence-electron chi connectivity index (χ4n) is 1.72. The van der Waals surface area contributed by atoms with Crippen LogP contribution in [0.4, 0.5) is 0 Å². The first-order valence-electron chi connectivity index (χ1n) is 6.14. The number of nitrogens with zero attached hydrogens (tertiary/aromatic N) is 1. The van der Waals surface area contributed by atoms with Crippen LogP contribution in [0.3, 0.4) is 0 Å². The fourth-order valence-corrected chi connectivity index (χ4v) is 1.72. The van der Waals surface area contributed by atoms with E-state index in [0.29, 0.717) is 6.61 Å². The average molecular weight is 255 g/mol. The molecule has 0 fully saturated rings. The monoisotopic (exact) mass is 255 g/mol. The van der Waals surface area contributed by atoms with E-state index in [9.17, 15) is 0 Å². The van der Waals surface area contributed by atoms with Crippen LogP contribution in [0.15, 0.2) is 59.8 Å². The molecular formula is C16H17NO2. The minimum atomic E-state index is 0.575. The molecule has 0 aromatic heterocycles. The van der Waals surface area contributed by atoms with E-state index < -0.39 is 0 Å². The van der Waals surface area contributed by atoms with Gasteiger partial charge in [-0.3, -0.25) is 0 Å². The highest BCUT2D eigenvalue weighted by Gasteiger charge is 1.99. The van der Waals surface area contributed by atoms with Crippen molar-refractivity contribution in [2.75, 3.05) is 7.11 Å². The van der Waals surface area contributed by atoms with E-state index in [1.165, 1.54) is 0 Å². The van der Waals surface area contributed by atoms with Crippen molar-refractivity contribution in [1.29, 1.82) is 0 Å². The van der Waals surface area contributed by atoms with Gasteiger partial charge in [0.25, 0.3) is 0 Å². The lowest BCUT2D eigenvalue weighted by molar-refractivity contribution is 0.213. The van der Waals surface area contributed by atoms with E-state index in [2.05, 4.69) is 5.16 Å². The summed E-state index contributed by atoms with van der Waals surface area (Å²) in [4.78, 5) is 4.75. The lowest BCUT2D eigenvalue weighted by Gasteiger charge is -2.07. The van der Waals surface area contributed by atoms with E-state index in [-0.39, 0.29) is 0 Å². The molecule has 3 heteroatoms. The maximum absolute atomic E-state index is 5.72. The van der Waals surface area contributed by atoms with Gasteiger partial charge >= 0.3 is 0 Å². The predicted octanol–water partition coefficient (Wildman–Crippen LogP) is 3.64. The van der Waals surface area contributed by atoms with E-state index in [1.807, 2.05) is 61.5 Å². The summed E-state index contributed by atoms with van der Waals surface area (Å²) in [6.07, 6.45) is 0. The molecule has 0 atom stereocenters. The number of rotatable bonds is 5. The van der Waals surface area contributed by atoms with Crippen molar-refractivity contribution < 1.29 is 9.57 Å². The Labute approximate surface area is 113 Å². The normalized spacial score (nSPS) is 11.2. The number of benzene rings is 2. The van der Waals surface area contributed by atoms with Crippen molar-refractivity contribution in [2.45, 2.75) is 13.5 Å². The van der Waals surface area contributed by atoms with Crippen LogP contribution in [-0.4, -0.2) is 12.8 Å². The Morgan fingerprint density at radius 1 is 1.00 bits per heavy atom. The SMILES string of the molecule is CO/N=C(/C)c1ccc(OCc2ccccc2)cc1. The summed E-state index contributed by atoms with van der Waals surface area (Å²) in [5, 5.41) is 3.89. The number of ether oxygens (including phenoxy) is 1. The molecule has 0 N–H and O–H groups in total. The first kappa shape index (κ1) is 13.1. The Morgan fingerprint density at radius 3 is 2.32 bits per heavy atom. The molecule has 0 saturated carbocycles. The Hall–Kier alpha value is -2.29. The van der Waals surface area contributed by atoms with Crippen molar-refractivity contribution in [3.05, 3.63) is 65.7 Å². The van der Waals surface area contributed by atoms with Gasteiger partial charge < -0.3 is 9.57 Å². The fraction of sp³-hybridized carbons (Fsp3) is 0.188. The van der Waals surface area contributed by atoms with Gasteiger partial charge in [-0.15, -0.1) is 0 Å². The molecule has 0 bridgehead atoms. The highest BCUT2D eigenvalue weighted by atomic mass is 16.6. The molecule has 98 valence electrons.